The molecular formula is C23H28N4O2. The van der Waals surface area contributed by atoms with E-state index in [1.54, 1.807) is 0 Å². The number of likely N-dealkylation sites (tertiary alicyclic amines) is 1. The second-order valence-electron chi connectivity index (χ2n) is 9.00. The molecule has 1 aromatic carbocycles. The van der Waals surface area contributed by atoms with Crippen LogP contribution in [0.4, 0.5) is 0 Å². The van der Waals surface area contributed by atoms with Crippen LogP contribution in [0.5, 0.6) is 0 Å². The zero-order valence-corrected chi connectivity index (χ0v) is 16.8. The number of aromatic nitrogens is 2. The molecule has 6 nitrogen and oxygen atoms in total. The van der Waals surface area contributed by atoms with Gasteiger partial charge in [-0.05, 0) is 62.1 Å². The van der Waals surface area contributed by atoms with Gasteiger partial charge in [0.15, 0.2) is 5.82 Å². The Bertz CT molecular complexity index is 890. The molecule has 3 heterocycles. The van der Waals surface area contributed by atoms with Crippen molar-refractivity contribution in [3.63, 3.8) is 0 Å². The summed E-state index contributed by atoms with van der Waals surface area (Å²) in [6.45, 7) is 3.81. The quantitative estimate of drug-likeness (QED) is 0.770. The highest BCUT2D eigenvalue weighted by Gasteiger charge is 2.40. The van der Waals surface area contributed by atoms with Crippen molar-refractivity contribution in [2.24, 2.45) is 5.92 Å². The van der Waals surface area contributed by atoms with Crippen LogP contribution in [0.1, 0.15) is 67.3 Å². The van der Waals surface area contributed by atoms with Gasteiger partial charge in [0.1, 0.15) is 0 Å². The van der Waals surface area contributed by atoms with E-state index >= 15 is 0 Å². The molecule has 3 fully saturated rings. The molecule has 0 N–H and O–H groups in total. The van der Waals surface area contributed by atoms with E-state index in [9.17, 15) is 0 Å². The first-order valence-corrected chi connectivity index (χ1v) is 10.9. The van der Waals surface area contributed by atoms with Crippen molar-refractivity contribution in [1.82, 2.24) is 15.0 Å². The maximum atomic E-state index is 9.10. The molecule has 152 valence electrons. The molecule has 2 saturated heterocycles. The Morgan fingerprint density at radius 2 is 2.07 bits per heavy atom. The van der Waals surface area contributed by atoms with Gasteiger partial charge in [-0.1, -0.05) is 17.3 Å². The standard InChI is InChI=1S/C23H28N4O2/c24-15-18-2-1-3-19(12-18)16-27-9-7-23(8-10-27)14-17(6-11-28-23)13-21-25-22(26-29-21)20-4-5-20/h1-3,12,17,20H,4-11,13-14,16H2. The van der Waals surface area contributed by atoms with Gasteiger partial charge in [0, 0.05) is 38.6 Å². The molecule has 5 rings (SSSR count). The van der Waals surface area contributed by atoms with Crippen molar-refractivity contribution in [1.29, 1.82) is 5.26 Å². The lowest BCUT2D eigenvalue weighted by Crippen LogP contribution is -2.49. The fraction of sp³-hybridized carbons (Fsp3) is 0.609. The van der Waals surface area contributed by atoms with Gasteiger partial charge in [0.2, 0.25) is 5.89 Å². The van der Waals surface area contributed by atoms with Crippen molar-refractivity contribution >= 4 is 0 Å². The largest absolute Gasteiger partial charge is 0.375 e. The Kier molecular flexibility index (Phi) is 5.11. The van der Waals surface area contributed by atoms with Crippen molar-refractivity contribution in [2.75, 3.05) is 19.7 Å². The monoisotopic (exact) mass is 392 g/mol. The molecule has 3 aliphatic rings. The lowest BCUT2D eigenvalue weighted by atomic mass is 9.78. The third kappa shape index (κ3) is 4.36. The summed E-state index contributed by atoms with van der Waals surface area (Å²) in [5, 5.41) is 13.3. The van der Waals surface area contributed by atoms with Crippen LogP contribution in [0.3, 0.4) is 0 Å². The topological polar surface area (TPSA) is 75.2 Å². The first-order chi connectivity index (χ1) is 14.2. The maximum absolute atomic E-state index is 9.10. The summed E-state index contributed by atoms with van der Waals surface area (Å²) in [7, 11) is 0. The summed E-state index contributed by atoms with van der Waals surface area (Å²) in [6, 6.07) is 10.2. The Morgan fingerprint density at radius 1 is 1.21 bits per heavy atom. The predicted molar refractivity (Wildman–Crippen MR) is 107 cm³/mol. The van der Waals surface area contributed by atoms with Gasteiger partial charge in [-0.15, -0.1) is 0 Å². The minimum atomic E-state index is 0.00721. The lowest BCUT2D eigenvalue weighted by molar-refractivity contribution is -0.128. The predicted octanol–water partition coefficient (Wildman–Crippen LogP) is 3.82. The summed E-state index contributed by atoms with van der Waals surface area (Å²) >= 11 is 0. The number of nitrogens with zero attached hydrogens (tertiary/aromatic N) is 4. The van der Waals surface area contributed by atoms with Gasteiger partial charge in [-0.3, -0.25) is 4.90 Å². The zero-order valence-electron chi connectivity index (χ0n) is 16.8. The number of hydrogen-bond donors (Lipinski definition) is 0. The van der Waals surface area contributed by atoms with Crippen LogP contribution in [0.15, 0.2) is 28.8 Å². The summed E-state index contributed by atoms with van der Waals surface area (Å²) in [4.78, 5) is 7.10. The van der Waals surface area contributed by atoms with Crippen molar-refractivity contribution < 1.29 is 9.26 Å². The molecule has 6 heteroatoms. The second-order valence-corrected chi connectivity index (χ2v) is 9.00. The van der Waals surface area contributed by atoms with Gasteiger partial charge in [-0.2, -0.15) is 10.2 Å². The van der Waals surface area contributed by atoms with E-state index in [2.05, 4.69) is 27.2 Å². The fourth-order valence-corrected chi connectivity index (χ4v) is 4.87. The molecule has 0 radical (unpaired) electrons. The summed E-state index contributed by atoms with van der Waals surface area (Å²) in [5.41, 5.74) is 1.96. The fourth-order valence-electron chi connectivity index (χ4n) is 4.87. The van der Waals surface area contributed by atoms with Gasteiger partial charge >= 0.3 is 0 Å². The molecular weight excluding hydrogens is 364 g/mol. The van der Waals surface area contributed by atoms with Crippen molar-refractivity contribution in [3.8, 4) is 6.07 Å². The van der Waals surface area contributed by atoms with E-state index in [0.29, 0.717) is 11.8 Å². The SMILES string of the molecule is N#Cc1cccc(CN2CCC3(CC2)CC(Cc2nc(C4CC4)no2)CCO3)c1. The first kappa shape index (κ1) is 18.8. The van der Waals surface area contributed by atoms with Crippen LogP contribution in [-0.4, -0.2) is 40.3 Å². The maximum Gasteiger partial charge on any atom is 0.226 e. The van der Waals surface area contributed by atoms with Crippen molar-refractivity contribution in [2.45, 2.75) is 63.0 Å². The van der Waals surface area contributed by atoms with E-state index in [0.717, 1.165) is 75.6 Å². The number of rotatable bonds is 5. The minimum absolute atomic E-state index is 0.00721. The first-order valence-electron chi connectivity index (χ1n) is 10.9. The Morgan fingerprint density at radius 3 is 2.86 bits per heavy atom. The molecule has 0 amide bonds. The molecule has 1 atom stereocenters. The smallest absolute Gasteiger partial charge is 0.226 e. The number of nitriles is 1. The van der Waals surface area contributed by atoms with E-state index in [-0.39, 0.29) is 5.60 Å². The Hall–Kier alpha value is -2.23. The van der Waals surface area contributed by atoms with E-state index in [1.807, 2.05) is 18.2 Å². The van der Waals surface area contributed by atoms with E-state index in [4.69, 9.17) is 14.5 Å². The Balaban J connectivity index is 1.15. The number of ether oxygens (including phenoxy) is 1. The summed E-state index contributed by atoms with van der Waals surface area (Å²) in [5.74, 6) is 2.83. The van der Waals surface area contributed by atoms with Gasteiger partial charge in [0.25, 0.3) is 0 Å². The van der Waals surface area contributed by atoms with Gasteiger partial charge in [0.05, 0.1) is 17.2 Å². The zero-order chi connectivity index (χ0) is 19.7. The van der Waals surface area contributed by atoms with Crippen LogP contribution in [0, 0.1) is 17.2 Å². The lowest BCUT2D eigenvalue weighted by Gasteiger charge is -2.46. The molecule has 2 aromatic rings. The third-order valence-electron chi connectivity index (χ3n) is 6.71. The molecule has 1 saturated carbocycles. The highest BCUT2D eigenvalue weighted by Crippen LogP contribution is 2.40. The molecule has 0 bridgehead atoms. The molecule has 1 spiro atoms. The number of hydrogen-bond acceptors (Lipinski definition) is 6. The number of piperidine rings is 1. The van der Waals surface area contributed by atoms with Crippen LogP contribution in [-0.2, 0) is 17.7 Å². The molecule has 1 aliphatic carbocycles. The van der Waals surface area contributed by atoms with E-state index in [1.165, 1.54) is 18.4 Å². The van der Waals surface area contributed by atoms with Crippen molar-refractivity contribution in [3.05, 3.63) is 47.1 Å². The second kappa shape index (κ2) is 7.89. The van der Waals surface area contributed by atoms with Gasteiger partial charge < -0.3 is 9.26 Å². The van der Waals surface area contributed by atoms with E-state index < -0.39 is 0 Å². The highest BCUT2D eigenvalue weighted by molar-refractivity contribution is 5.32. The average molecular weight is 393 g/mol. The minimum Gasteiger partial charge on any atom is -0.375 e. The molecule has 1 unspecified atom stereocenters. The average Bonchev–Trinajstić information content (AvgIpc) is 3.50. The molecule has 2 aliphatic heterocycles. The highest BCUT2D eigenvalue weighted by atomic mass is 16.5. The van der Waals surface area contributed by atoms with Crippen LogP contribution in [0.2, 0.25) is 0 Å². The van der Waals surface area contributed by atoms with Crippen LogP contribution in [0.25, 0.3) is 0 Å². The van der Waals surface area contributed by atoms with Crippen LogP contribution < -0.4 is 0 Å². The van der Waals surface area contributed by atoms with Gasteiger partial charge in [-0.25, -0.2) is 0 Å². The number of benzene rings is 1. The summed E-state index contributed by atoms with van der Waals surface area (Å²) < 4.78 is 11.8. The van der Waals surface area contributed by atoms with Crippen LogP contribution >= 0.6 is 0 Å². The third-order valence-corrected chi connectivity index (χ3v) is 6.71. The normalized spacial score (nSPS) is 24.4. The molecule has 1 aromatic heterocycles. The molecule has 29 heavy (non-hydrogen) atoms. The Labute approximate surface area is 171 Å². The summed E-state index contributed by atoms with van der Waals surface area (Å²) in [6.07, 6.45) is 7.60.